The summed E-state index contributed by atoms with van der Waals surface area (Å²) in [5.41, 5.74) is 12.6. The minimum absolute atomic E-state index is 0.238. The van der Waals surface area contributed by atoms with Crippen molar-refractivity contribution < 1.29 is 4.39 Å². The van der Waals surface area contributed by atoms with Crippen LogP contribution >= 0.6 is 27.5 Å². The summed E-state index contributed by atoms with van der Waals surface area (Å²) in [6.07, 6.45) is 1.42. The Hall–Kier alpha value is -1.17. The summed E-state index contributed by atoms with van der Waals surface area (Å²) in [4.78, 5) is 3.91. The van der Waals surface area contributed by atoms with Gasteiger partial charge in [0.1, 0.15) is 11.6 Å². The largest absolute Gasteiger partial charge is 0.383 e. The summed E-state index contributed by atoms with van der Waals surface area (Å²) in [5, 5.41) is 0.405. The summed E-state index contributed by atoms with van der Waals surface area (Å²) < 4.78 is 14.4. The van der Waals surface area contributed by atoms with E-state index < -0.39 is 11.9 Å². The van der Waals surface area contributed by atoms with Crippen LogP contribution in [0, 0.1) is 5.82 Å². The van der Waals surface area contributed by atoms with Gasteiger partial charge in [-0.3, -0.25) is 0 Å². The fourth-order valence-electron chi connectivity index (χ4n) is 1.68. The highest BCUT2D eigenvalue weighted by Gasteiger charge is 2.19. The average molecular weight is 331 g/mol. The number of benzene rings is 1. The lowest BCUT2D eigenvalue weighted by Crippen LogP contribution is -2.16. The van der Waals surface area contributed by atoms with Crippen molar-refractivity contribution >= 4 is 33.3 Å². The van der Waals surface area contributed by atoms with Crippen molar-refractivity contribution in [2.24, 2.45) is 5.73 Å². The first-order chi connectivity index (χ1) is 8.50. The number of halogens is 3. The molecule has 0 spiro atoms. The molecule has 0 saturated heterocycles. The van der Waals surface area contributed by atoms with Crippen LogP contribution in [0.3, 0.4) is 0 Å². The van der Waals surface area contributed by atoms with Crippen molar-refractivity contribution in [3.05, 3.63) is 56.9 Å². The molecule has 0 amide bonds. The van der Waals surface area contributed by atoms with Crippen molar-refractivity contribution in [3.63, 3.8) is 0 Å². The van der Waals surface area contributed by atoms with Gasteiger partial charge in [-0.2, -0.15) is 0 Å². The smallest absolute Gasteiger partial charge is 0.129 e. The monoisotopic (exact) mass is 329 g/mol. The zero-order chi connectivity index (χ0) is 13.3. The third kappa shape index (κ3) is 2.48. The molecule has 2 rings (SSSR count). The first kappa shape index (κ1) is 13.3. The van der Waals surface area contributed by atoms with E-state index in [-0.39, 0.29) is 5.82 Å². The molecule has 1 aromatic carbocycles. The molecule has 4 N–H and O–H groups in total. The predicted molar refractivity (Wildman–Crippen MR) is 73.8 cm³/mol. The number of nitrogens with two attached hydrogens (primary N) is 2. The molecule has 1 aromatic heterocycles. The Morgan fingerprint density at radius 2 is 2.11 bits per heavy atom. The Kier molecular flexibility index (Phi) is 3.85. The maximum absolute atomic E-state index is 13.8. The Morgan fingerprint density at radius 1 is 1.39 bits per heavy atom. The Balaban J connectivity index is 2.54. The van der Waals surface area contributed by atoms with Gasteiger partial charge < -0.3 is 11.5 Å². The molecule has 0 radical (unpaired) electrons. The van der Waals surface area contributed by atoms with E-state index in [0.717, 1.165) is 0 Å². The van der Waals surface area contributed by atoms with E-state index >= 15 is 0 Å². The molecule has 2 aromatic rings. The maximum Gasteiger partial charge on any atom is 0.129 e. The fraction of sp³-hybridized carbons (Fsp3) is 0.0833. The molecule has 0 aliphatic carbocycles. The highest BCUT2D eigenvalue weighted by Crippen LogP contribution is 2.32. The van der Waals surface area contributed by atoms with Gasteiger partial charge in [0, 0.05) is 21.8 Å². The lowest BCUT2D eigenvalue weighted by atomic mass is 10.00. The molecule has 0 saturated carbocycles. The van der Waals surface area contributed by atoms with Crippen molar-refractivity contribution in [2.45, 2.75) is 6.04 Å². The second kappa shape index (κ2) is 5.22. The number of hydrogen-bond acceptors (Lipinski definition) is 3. The van der Waals surface area contributed by atoms with Crippen LogP contribution in [-0.2, 0) is 0 Å². The summed E-state index contributed by atoms with van der Waals surface area (Å²) in [6.45, 7) is 0. The van der Waals surface area contributed by atoms with Crippen LogP contribution < -0.4 is 11.5 Å². The summed E-state index contributed by atoms with van der Waals surface area (Å²) in [5.74, 6) is -0.168. The van der Waals surface area contributed by atoms with E-state index in [2.05, 4.69) is 20.9 Å². The van der Waals surface area contributed by atoms with Gasteiger partial charge in [-0.05, 0) is 18.2 Å². The Labute approximate surface area is 117 Å². The topological polar surface area (TPSA) is 64.9 Å². The number of nitrogen functional groups attached to an aromatic ring is 1. The minimum Gasteiger partial charge on any atom is -0.383 e. The van der Waals surface area contributed by atoms with Crippen LogP contribution in [0.1, 0.15) is 17.2 Å². The van der Waals surface area contributed by atoms with Gasteiger partial charge in [0.15, 0.2) is 0 Å². The second-order valence-corrected chi connectivity index (χ2v) is 5.03. The van der Waals surface area contributed by atoms with Gasteiger partial charge in [0.05, 0.1) is 11.1 Å². The SMILES string of the molecule is Nc1ncc(Cl)cc1C(N)c1c(F)cccc1Br. The van der Waals surface area contributed by atoms with E-state index in [1.165, 1.54) is 12.3 Å². The predicted octanol–water partition coefficient (Wildman–Crippen LogP) is 3.27. The number of hydrogen-bond donors (Lipinski definition) is 2. The quantitative estimate of drug-likeness (QED) is 0.888. The molecule has 3 nitrogen and oxygen atoms in total. The van der Waals surface area contributed by atoms with E-state index in [0.29, 0.717) is 20.6 Å². The van der Waals surface area contributed by atoms with Crippen LogP contribution in [-0.4, -0.2) is 4.98 Å². The number of rotatable bonds is 2. The first-order valence-electron chi connectivity index (χ1n) is 5.11. The van der Waals surface area contributed by atoms with Crippen molar-refractivity contribution in [2.75, 3.05) is 5.73 Å². The zero-order valence-corrected chi connectivity index (χ0v) is 11.5. The summed E-state index contributed by atoms with van der Waals surface area (Å²) in [7, 11) is 0. The molecule has 1 heterocycles. The summed E-state index contributed by atoms with van der Waals surface area (Å²) >= 11 is 9.12. The molecule has 6 heteroatoms. The normalized spacial score (nSPS) is 12.4. The molecular formula is C12H10BrClFN3. The zero-order valence-electron chi connectivity index (χ0n) is 9.20. The lowest BCUT2D eigenvalue weighted by molar-refractivity contribution is 0.598. The van der Waals surface area contributed by atoms with Crippen LogP contribution in [0.25, 0.3) is 0 Å². The molecule has 0 aliphatic heterocycles. The number of pyridine rings is 1. The van der Waals surface area contributed by atoms with Crippen LogP contribution in [0.2, 0.25) is 5.02 Å². The second-order valence-electron chi connectivity index (χ2n) is 3.74. The molecule has 18 heavy (non-hydrogen) atoms. The molecule has 0 bridgehead atoms. The molecule has 0 aliphatic rings. The van der Waals surface area contributed by atoms with Crippen molar-refractivity contribution in [3.8, 4) is 0 Å². The number of nitrogens with zero attached hydrogens (tertiary/aromatic N) is 1. The van der Waals surface area contributed by atoms with Gasteiger partial charge >= 0.3 is 0 Å². The Bertz CT molecular complexity index is 571. The highest BCUT2D eigenvalue weighted by molar-refractivity contribution is 9.10. The number of aromatic nitrogens is 1. The van der Waals surface area contributed by atoms with Crippen molar-refractivity contribution in [1.29, 1.82) is 0 Å². The lowest BCUT2D eigenvalue weighted by Gasteiger charge is -2.16. The van der Waals surface area contributed by atoms with Crippen molar-refractivity contribution in [1.82, 2.24) is 4.98 Å². The van der Waals surface area contributed by atoms with Gasteiger partial charge in [-0.15, -0.1) is 0 Å². The van der Waals surface area contributed by atoms with E-state index in [9.17, 15) is 4.39 Å². The third-order valence-corrected chi connectivity index (χ3v) is 3.46. The van der Waals surface area contributed by atoms with Gasteiger partial charge in [0.2, 0.25) is 0 Å². The average Bonchev–Trinajstić information content (AvgIpc) is 2.32. The molecule has 94 valence electrons. The third-order valence-electron chi connectivity index (χ3n) is 2.56. The molecular weight excluding hydrogens is 321 g/mol. The van der Waals surface area contributed by atoms with Crippen LogP contribution in [0.15, 0.2) is 34.9 Å². The van der Waals surface area contributed by atoms with E-state index in [1.807, 2.05) is 0 Å². The first-order valence-corrected chi connectivity index (χ1v) is 6.28. The van der Waals surface area contributed by atoms with Crippen LogP contribution in [0.4, 0.5) is 10.2 Å². The number of anilines is 1. The Morgan fingerprint density at radius 3 is 2.78 bits per heavy atom. The minimum atomic E-state index is -0.730. The molecule has 1 atom stereocenters. The van der Waals surface area contributed by atoms with Gasteiger partial charge in [-0.25, -0.2) is 9.37 Å². The summed E-state index contributed by atoms with van der Waals surface area (Å²) in [6, 6.07) is 5.51. The maximum atomic E-state index is 13.8. The van der Waals surface area contributed by atoms with Crippen LogP contribution in [0.5, 0.6) is 0 Å². The van der Waals surface area contributed by atoms with E-state index in [1.54, 1.807) is 18.2 Å². The van der Waals surface area contributed by atoms with Gasteiger partial charge in [0.25, 0.3) is 0 Å². The molecule has 1 unspecified atom stereocenters. The highest BCUT2D eigenvalue weighted by atomic mass is 79.9. The standard InChI is InChI=1S/C12H10BrClFN3/c13-8-2-1-3-9(15)10(8)11(16)7-4-6(14)5-18-12(7)17/h1-5,11H,16H2,(H2,17,18). The van der Waals surface area contributed by atoms with E-state index in [4.69, 9.17) is 23.1 Å². The molecule has 0 fully saturated rings. The fourth-order valence-corrected chi connectivity index (χ4v) is 2.43. The van der Waals surface area contributed by atoms with Gasteiger partial charge in [-0.1, -0.05) is 33.6 Å².